The summed E-state index contributed by atoms with van der Waals surface area (Å²) in [5.74, 6) is -0.284. The molecule has 0 bridgehead atoms. The van der Waals surface area contributed by atoms with Crippen LogP contribution in [0.5, 0.6) is 0 Å². The van der Waals surface area contributed by atoms with E-state index in [1.54, 1.807) is 6.92 Å². The third-order valence-corrected chi connectivity index (χ3v) is 3.94. The average molecular weight is 324 g/mol. The molecule has 1 atom stereocenters. The molecule has 0 aromatic carbocycles. The van der Waals surface area contributed by atoms with Gasteiger partial charge in [-0.25, -0.2) is 4.79 Å². The molecule has 7 nitrogen and oxygen atoms in total. The predicted octanol–water partition coefficient (Wildman–Crippen LogP) is 1.71. The lowest BCUT2D eigenvalue weighted by Crippen LogP contribution is -2.43. The number of anilines is 2. The Hall–Kier alpha value is -2.05. The van der Waals surface area contributed by atoms with Gasteiger partial charge < -0.3 is 10.6 Å². The highest BCUT2D eigenvalue weighted by Crippen LogP contribution is 2.20. The molecule has 0 aliphatic heterocycles. The molecule has 0 saturated heterocycles. The molecule has 1 aromatic heterocycles. The Morgan fingerprint density at radius 2 is 1.91 bits per heavy atom. The molecule has 1 unspecified atom stereocenters. The van der Waals surface area contributed by atoms with E-state index in [-0.39, 0.29) is 23.3 Å². The Morgan fingerprint density at radius 3 is 2.43 bits per heavy atom. The minimum absolute atomic E-state index is 0.0612. The number of rotatable bonds is 8. The topological polar surface area (TPSA) is 101 Å². The maximum absolute atomic E-state index is 12.6. The number of aromatic amines is 1. The molecular weight excluding hydrogens is 296 g/mol. The highest BCUT2D eigenvalue weighted by atomic mass is 16.2. The van der Waals surface area contributed by atoms with Gasteiger partial charge in [-0.2, -0.15) is 0 Å². The Bertz CT molecular complexity index is 648. The summed E-state index contributed by atoms with van der Waals surface area (Å²) in [4.78, 5) is 40.5. The number of carbonyl (C=O) groups excluding carboxylic acids is 1. The standard InChI is InChI=1S/C16H28N4O3/c1-5-8-10-20-13(17)12(14(21)18-16(20)23)19(7-3)15(22)11(4)9-6-2/h11H,5-10,17H2,1-4H3,(H,18,21,23). The minimum atomic E-state index is -0.612. The number of hydrogen-bond acceptors (Lipinski definition) is 4. The number of hydrogen-bond donors (Lipinski definition) is 2. The van der Waals surface area contributed by atoms with Crippen molar-refractivity contribution in [3.05, 3.63) is 20.8 Å². The molecule has 0 fully saturated rings. The minimum Gasteiger partial charge on any atom is -0.383 e. The van der Waals surface area contributed by atoms with E-state index in [1.165, 1.54) is 9.47 Å². The first-order chi connectivity index (χ1) is 10.9. The van der Waals surface area contributed by atoms with Gasteiger partial charge in [0.05, 0.1) is 0 Å². The smallest absolute Gasteiger partial charge is 0.330 e. The normalized spacial score (nSPS) is 12.2. The molecule has 1 aromatic rings. The predicted molar refractivity (Wildman–Crippen MR) is 92.7 cm³/mol. The SMILES string of the molecule is CCCCn1c(N)c(N(CC)C(=O)C(C)CCC)c(=O)[nH]c1=O. The van der Waals surface area contributed by atoms with Crippen LogP contribution in [-0.2, 0) is 11.3 Å². The van der Waals surface area contributed by atoms with Crippen molar-refractivity contribution in [2.45, 2.75) is 59.9 Å². The second kappa shape index (κ2) is 8.55. The molecule has 1 amide bonds. The van der Waals surface area contributed by atoms with Crippen LogP contribution in [-0.4, -0.2) is 22.0 Å². The third-order valence-electron chi connectivity index (χ3n) is 3.94. The fraction of sp³-hybridized carbons (Fsp3) is 0.688. The van der Waals surface area contributed by atoms with Crippen LogP contribution < -0.4 is 21.9 Å². The maximum Gasteiger partial charge on any atom is 0.330 e. The number of carbonyl (C=O) groups is 1. The summed E-state index contributed by atoms with van der Waals surface area (Å²) in [6, 6.07) is 0. The summed E-state index contributed by atoms with van der Waals surface area (Å²) < 4.78 is 1.33. The number of H-pyrrole nitrogens is 1. The summed E-state index contributed by atoms with van der Waals surface area (Å²) in [7, 11) is 0. The molecule has 0 spiro atoms. The second-order valence-electron chi connectivity index (χ2n) is 5.77. The zero-order valence-corrected chi connectivity index (χ0v) is 14.5. The number of unbranched alkanes of at least 4 members (excludes halogenated alkanes) is 1. The molecule has 1 heterocycles. The van der Waals surface area contributed by atoms with Crippen LogP contribution in [0.3, 0.4) is 0 Å². The van der Waals surface area contributed by atoms with Crippen molar-refractivity contribution in [2.24, 2.45) is 5.92 Å². The first kappa shape index (κ1) is 19.0. The average Bonchev–Trinajstić information content (AvgIpc) is 2.50. The lowest BCUT2D eigenvalue weighted by Gasteiger charge is -2.25. The molecule has 3 N–H and O–H groups in total. The van der Waals surface area contributed by atoms with E-state index in [9.17, 15) is 14.4 Å². The molecule has 130 valence electrons. The maximum atomic E-state index is 12.6. The van der Waals surface area contributed by atoms with Crippen LogP contribution in [0.15, 0.2) is 9.59 Å². The van der Waals surface area contributed by atoms with E-state index in [4.69, 9.17) is 5.73 Å². The van der Waals surface area contributed by atoms with Crippen LogP contribution in [0, 0.1) is 5.92 Å². The van der Waals surface area contributed by atoms with Crippen molar-refractivity contribution >= 4 is 17.4 Å². The van der Waals surface area contributed by atoms with Gasteiger partial charge in [0.1, 0.15) is 5.82 Å². The van der Waals surface area contributed by atoms with Gasteiger partial charge >= 0.3 is 5.69 Å². The Morgan fingerprint density at radius 1 is 1.26 bits per heavy atom. The molecule has 0 radical (unpaired) electrons. The molecule has 0 aliphatic carbocycles. The highest BCUT2D eigenvalue weighted by molar-refractivity contribution is 5.96. The fourth-order valence-electron chi connectivity index (χ4n) is 2.62. The van der Waals surface area contributed by atoms with Crippen molar-refractivity contribution in [2.75, 3.05) is 17.2 Å². The third kappa shape index (κ3) is 4.24. The molecular formula is C16H28N4O3. The van der Waals surface area contributed by atoms with Gasteiger partial charge in [-0.15, -0.1) is 0 Å². The lowest BCUT2D eigenvalue weighted by molar-refractivity contribution is -0.122. The zero-order valence-electron chi connectivity index (χ0n) is 14.5. The van der Waals surface area contributed by atoms with Crippen LogP contribution in [0.25, 0.3) is 0 Å². The lowest BCUT2D eigenvalue weighted by atomic mass is 10.0. The summed E-state index contributed by atoms with van der Waals surface area (Å²) in [6.07, 6.45) is 3.28. The van der Waals surface area contributed by atoms with Crippen molar-refractivity contribution in [3.63, 3.8) is 0 Å². The quantitative estimate of drug-likeness (QED) is 0.760. The number of amides is 1. The highest BCUT2D eigenvalue weighted by Gasteiger charge is 2.25. The van der Waals surface area contributed by atoms with E-state index < -0.39 is 11.2 Å². The van der Waals surface area contributed by atoms with E-state index in [0.717, 1.165) is 25.7 Å². The number of nitrogens with zero attached hydrogens (tertiary/aromatic N) is 2. The van der Waals surface area contributed by atoms with Gasteiger partial charge in [0.2, 0.25) is 5.91 Å². The monoisotopic (exact) mass is 324 g/mol. The zero-order chi connectivity index (χ0) is 17.6. The van der Waals surface area contributed by atoms with Gasteiger partial charge in [0.25, 0.3) is 5.56 Å². The molecule has 0 saturated carbocycles. The van der Waals surface area contributed by atoms with E-state index >= 15 is 0 Å². The molecule has 23 heavy (non-hydrogen) atoms. The first-order valence-corrected chi connectivity index (χ1v) is 8.32. The Labute approximate surface area is 136 Å². The molecule has 1 rings (SSSR count). The van der Waals surface area contributed by atoms with Gasteiger partial charge in [-0.1, -0.05) is 33.6 Å². The van der Waals surface area contributed by atoms with Crippen LogP contribution >= 0.6 is 0 Å². The Balaban J connectivity index is 3.36. The van der Waals surface area contributed by atoms with Crippen LogP contribution in [0.4, 0.5) is 11.5 Å². The van der Waals surface area contributed by atoms with Crippen LogP contribution in [0.1, 0.15) is 53.4 Å². The number of aromatic nitrogens is 2. The van der Waals surface area contributed by atoms with Gasteiger partial charge in [0, 0.05) is 19.0 Å². The number of nitrogens with two attached hydrogens (primary N) is 1. The largest absolute Gasteiger partial charge is 0.383 e. The van der Waals surface area contributed by atoms with Crippen molar-refractivity contribution in [3.8, 4) is 0 Å². The molecule has 7 heteroatoms. The van der Waals surface area contributed by atoms with E-state index in [2.05, 4.69) is 4.98 Å². The summed E-state index contributed by atoms with van der Waals surface area (Å²) in [5.41, 5.74) is 5.00. The van der Waals surface area contributed by atoms with Crippen molar-refractivity contribution in [1.82, 2.24) is 9.55 Å². The van der Waals surface area contributed by atoms with Gasteiger partial charge in [-0.05, 0) is 19.8 Å². The summed E-state index contributed by atoms with van der Waals surface area (Å²) in [6.45, 7) is 8.38. The van der Waals surface area contributed by atoms with Crippen molar-refractivity contribution < 1.29 is 4.79 Å². The Kier molecular flexibility index (Phi) is 7.06. The van der Waals surface area contributed by atoms with Gasteiger partial charge in [-0.3, -0.25) is 19.1 Å². The summed E-state index contributed by atoms with van der Waals surface area (Å²) >= 11 is 0. The number of nitrogen functional groups attached to an aromatic ring is 1. The van der Waals surface area contributed by atoms with Crippen LogP contribution in [0.2, 0.25) is 0 Å². The second-order valence-corrected chi connectivity index (χ2v) is 5.77. The first-order valence-electron chi connectivity index (χ1n) is 8.32. The van der Waals surface area contributed by atoms with E-state index in [1.807, 2.05) is 20.8 Å². The number of nitrogens with one attached hydrogen (secondary N) is 1. The van der Waals surface area contributed by atoms with Crippen molar-refractivity contribution in [1.29, 1.82) is 0 Å². The summed E-state index contributed by atoms with van der Waals surface area (Å²) in [5, 5.41) is 0. The van der Waals surface area contributed by atoms with Gasteiger partial charge in [0.15, 0.2) is 5.69 Å². The fourth-order valence-corrected chi connectivity index (χ4v) is 2.62. The van der Waals surface area contributed by atoms with E-state index in [0.29, 0.717) is 13.1 Å². The molecule has 0 aliphatic rings.